The molecule has 0 aromatic rings. The highest BCUT2D eigenvalue weighted by molar-refractivity contribution is 5.38. The Morgan fingerprint density at radius 2 is 0.951 bits per heavy atom. The van der Waals surface area contributed by atoms with Crippen LogP contribution in [0.2, 0.25) is 0 Å². The maximum atomic E-state index is 10.1. The van der Waals surface area contributed by atoms with E-state index in [1.807, 2.05) is 0 Å². The van der Waals surface area contributed by atoms with Gasteiger partial charge >= 0.3 is 0 Å². The first-order chi connectivity index (χ1) is 19.3. The van der Waals surface area contributed by atoms with Gasteiger partial charge in [0.1, 0.15) is 0 Å². The minimum atomic E-state index is -0.223. The second-order valence-corrected chi connectivity index (χ2v) is 12.1. The fraction of sp³-hybridized carbons (Fsp3) is 0.350. The first kappa shape index (κ1) is 35.6. The Morgan fingerprint density at radius 3 is 1.34 bits per heavy atom. The molecular formula is C40H54O. The van der Waals surface area contributed by atoms with Crippen molar-refractivity contribution in [3.05, 3.63) is 154 Å². The van der Waals surface area contributed by atoms with Crippen molar-refractivity contribution >= 4 is 0 Å². The van der Waals surface area contributed by atoms with E-state index in [0.29, 0.717) is 0 Å². The smallest absolute Gasteiger partial charge is 0.0585 e. The summed E-state index contributed by atoms with van der Waals surface area (Å²) in [4.78, 5) is 0. The first-order valence-corrected chi connectivity index (χ1v) is 14.7. The van der Waals surface area contributed by atoms with Crippen LogP contribution in [-0.4, -0.2) is 11.2 Å². The molecule has 1 aliphatic carbocycles. The van der Waals surface area contributed by atoms with Crippen LogP contribution < -0.4 is 0 Å². The lowest BCUT2D eigenvalue weighted by atomic mass is 9.71. The lowest BCUT2D eigenvalue weighted by Crippen LogP contribution is -2.28. The SMILES string of the molecule is CC(C)=C\C=C/C(C)=C\C=C\C(C)=C\C=C\C(C)=C\C=C\C=C(C)\C=C\C=C(C)\C=C\C1=C(C)CC(O)CC1(C)C. The van der Waals surface area contributed by atoms with E-state index in [4.69, 9.17) is 0 Å². The third kappa shape index (κ3) is 16.4. The van der Waals surface area contributed by atoms with Gasteiger partial charge in [0.05, 0.1) is 6.10 Å². The van der Waals surface area contributed by atoms with Gasteiger partial charge in [-0.2, -0.15) is 0 Å². The number of hydrogen-bond donors (Lipinski definition) is 1. The Kier molecular flexibility index (Phi) is 16.4. The van der Waals surface area contributed by atoms with E-state index in [1.165, 1.54) is 44.6 Å². The largest absolute Gasteiger partial charge is 0.393 e. The van der Waals surface area contributed by atoms with Crippen molar-refractivity contribution in [2.45, 2.75) is 88.2 Å². The molecule has 1 atom stereocenters. The molecule has 1 nitrogen and oxygen atoms in total. The van der Waals surface area contributed by atoms with Gasteiger partial charge in [-0.25, -0.2) is 0 Å². The molecule has 1 aliphatic rings. The summed E-state index contributed by atoms with van der Waals surface area (Å²) in [7, 11) is 0. The van der Waals surface area contributed by atoms with Crippen molar-refractivity contribution < 1.29 is 5.11 Å². The van der Waals surface area contributed by atoms with E-state index in [9.17, 15) is 5.11 Å². The van der Waals surface area contributed by atoms with Gasteiger partial charge in [0.25, 0.3) is 0 Å². The van der Waals surface area contributed by atoms with Crippen molar-refractivity contribution in [1.29, 1.82) is 0 Å². The molecule has 1 heteroatoms. The van der Waals surface area contributed by atoms with Crippen molar-refractivity contribution in [2.24, 2.45) is 5.41 Å². The van der Waals surface area contributed by atoms with Crippen molar-refractivity contribution in [1.82, 2.24) is 0 Å². The first-order valence-electron chi connectivity index (χ1n) is 14.7. The molecule has 0 heterocycles. The molecule has 0 saturated carbocycles. The lowest BCUT2D eigenvalue weighted by molar-refractivity contribution is 0.116. The third-order valence-electron chi connectivity index (χ3n) is 6.76. The van der Waals surface area contributed by atoms with Gasteiger partial charge in [0.15, 0.2) is 0 Å². The Labute approximate surface area is 252 Å². The van der Waals surface area contributed by atoms with Crippen LogP contribution in [-0.2, 0) is 0 Å². The van der Waals surface area contributed by atoms with E-state index in [2.05, 4.69) is 179 Å². The van der Waals surface area contributed by atoms with E-state index in [1.54, 1.807) is 0 Å². The minimum Gasteiger partial charge on any atom is -0.393 e. The van der Waals surface area contributed by atoms with Crippen LogP contribution in [0.25, 0.3) is 0 Å². The van der Waals surface area contributed by atoms with Crippen LogP contribution in [0.1, 0.15) is 82.1 Å². The zero-order chi connectivity index (χ0) is 30.8. The Bertz CT molecular complexity index is 1260. The van der Waals surface area contributed by atoms with E-state index >= 15 is 0 Å². The molecule has 0 saturated heterocycles. The molecule has 1 unspecified atom stereocenters. The van der Waals surface area contributed by atoms with Crippen LogP contribution in [0.3, 0.4) is 0 Å². The monoisotopic (exact) mass is 550 g/mol. The Hall–Kier alpha value is -3.42. The fourth-order valence-electron chi connectivity index (χ4n) is 4.53. The zero-order valence-corrected chi connectivity index (χ0v) is 27.3. The summed E-state index contributed by atoms with van der Waals surface area (Å²) in [5.41, 5.74) is 9.97. The van der Waals surface area contributed by atoms with Crippen LogP contribution >= 0.6 is 0 Å². The summed E-state index contributed by atoms with van der Waals surface area (Å²) >= 11 is 0. The number of allylic oxidation sites excluding steroid dienone is 25. The second kappa shape index (κ2) is 18.8. The molecule has 0 spiro atoms. The molecule has 220 valence electrons. The third-order valence-corrected chi connectivity index (χ3v) is 6.76. The minimum absolute atomic E-state index is 0.00964. The molecule has 0 aromatic heterocycles. The lowest BCUT2D eigenvalue weighted by Gasteiger charge is -2.35. The quantitative estimate of drug-likeness (QED) is 0.240. The summed E-state index contributed by atoms with van der Waals surface area (Å²) in [6, 6.07) is 0. The number of rotatable bonds is 12. The van der Waals surface area contributed by atoms with Crippen LogP contribution in [0, 0.1) is 5.41 Å². The number of aliphatic hydroxyl groups excluding tert-OH is 1. The van der Waals surface area contributed by atoms with Crippen molar-refractivity contribution in [2.75, 3.05) is 0 Å². The number of hydrogen-bond acceptors (Lipinski definition) is 1. The predicted molar refractivity (Wildman–Crippen MR) is 185 cm³/mol. The second-order valence-electron chi connectivity index (χ2n) is 12.1. The summed E-state index contributed by atoms with van der Waals surface area (Å²) in [6.07, 6.45) is 39.5. The van der Waals surface area contributed by atoms with Crippen LogP contribution in [0.5, 0.6) is 0 Å². The maximum Gasteiger partial charge on any atom is 0.0585 e. The summed E-state index contributed by atoms with van der Waals surface area (Å²) < 4.78 is 0. The van der Waals surface area contributed by atoms with Crippen molar-refractivity contribution in [3.63, 3.8) is 0 Å². The molecular weight excluding hydrogens is 496 g/mol. The summed E-state index contributed by atoms with van der Waals surface area (Å²) in [5, 5.41) is 10.1. The topological polar surface area (TPSA) is 20.2 Å². The van der Waals surface area contributed by atoms with Crippen LogP contribution in [0.15, 0.2) is 154 Å². The molecule has 0 bridgehead atoms. The Morgan fingerprint density at radius 1 is 0.585 bits per heavy atom. The summed E-state index contributed by atoms with van der Waals surface area (Å²) in [5.74, 6) is 0. The Balaban J connectivity index is 2.63. The van der Waals surface area contributed by atoms with E-state index < -0.39 is 0 Å². The van der Waals surface area contributed by atoms with Crippen LogP contribution in [0.4, 0.5) is 0 Å². The average Bonchev–Trinajstić information content (AvgIpc) is 2.85. The van der Waals surface area contributed by atoms with Gasteiger partial charge in [-0.05, 0) is 79.2 Å². The normalized spacial score (nSPS) is 20.4. The summed E-state index contributed by atoms with van der Waals surface area (Å²) in [6.45, 7) is 21.3. The highest BCUT2D eigenvalue weighted by Crippen LogP contribution is 2.41. The molecule has 0 amide bonds. The standard InChI is InChI=1S/C40H54O/c1-31(2)17-13-20-34(5)23-15-25-35(6)24-14-21-32(3)18-11-12-19-33(4)22-16-26-36(7)27-28-39-37(8)29-38(41)30-40(39,9)10/h11-28,38,41H,29-30H2,1-10H3/b12-11+,20-13-,21-14+,22-16+,25-15+,28-27+,32-18+,33-19+,34-23-,35-24+,36-26+. The van der Waals surface area contributed by atoms with E-state index in [-0.39, 0.29) is 11.5 Å². The molecule has 1 N–H and O–H groups in total. The molecule has 1 rings (SSSR count). The van der Waals surface area contributed by atoms with E-state index in [0.717, 1.165) is 12.8 Å². The number of aliphatic hydroxyl groups is 1. The molecule has 0 aliphatic heterocycles. The highest BCUT2D eigenvalue weighted by atomic mass is 16.3. The van der Waals surface area contributed by atoms with Gasteiger partial charge in [-0.3, -0.25) is 0 Å². The van der Waals surface area contributed by atoms with Gasteiger partial charge < -0.3 is 5.11 Å². The fourth-order valence-corrected chi connectivity index (χ4v) is 4.53. The zero-order valence-electron chi connectivity index (χ0n) is 27.3. The van der Waals surface area contributed by atoms with Gasteiger partial charge in [-0.1, -0.05) is 162 Å². The maximum absolute atomic E-state index is 10.1. The predicted octanol–water partition coefficient (Wildman–Crippen LogP) is 11.5. The molecule has 0 radical (unpaired) electrons. The molecule has 0 aromatic carbocycles. The molecule has 0 fully saturated rings. The van der Waals surface area contributed by atoms with Crippen molar-refractivity contribution in [3.8, 4) is 0 Å². The highest BCUT2D eigenvalue weighted by Gasteiger charge is 2.31. The molecule has 41 heavy (non-hydrogen) atoms. The average molecular weight is 551 g/mol. The van der Waals surface area contributed by atoms with Gasteiger partial charge in [0, 0.05) is 0 Å². The van der Waals surface area contributed by atoms with Gasteiger partial charge in [-0.15, -0.1) is 0 Å². The van der Waals surface area contributed by atoms with Gasteiger partial charge in [0.2, 0.25) is 0 Å².